The second-order valence-corrected chi connectivity index (χ2v) is 5.72. The van der Waals surface area contributed by atoms with E-state index in [0.717, 1.165) is 0 Å². The predicted octanol–water partition coefficient (Wildman–Crippen LogP) is 3.02. The number of carbonyl (C=O) groups is 2. The molecule has 0 fully saturated rings. The van der Waals surface area contributed by atoms with Gasteiger partial charge in [0.2, 0.25) is 5.88 Å². The number of benzene rings is 1. The summed E-state index contributed by atoms with van der Waals surface area (Å²) in [7, 11) is 0. The number of hydrogen-bond donors (Lipinski definition) is 1. The van der Waals surface area contributed by atoms with Gasteiger partial charge in [-0.05, 0) is 38.5 Å². The molecule has 1 aromatic rings. The molecular formula is C18H20ClNO5. The first-order valence-corrected chi connectivity index (χ1v) is 8.26. The summed E-state index contributed by atoms with van der Waals surface area (Å²) < 4.78 is 15.7. The third kappa shape index (κ3) is 3.96. The van der Waals surface area contributed by atoms with Crippen LogP contribution in [0.2, 0.25) is 5.02 Å². The lowest BCUT2D eigenvalue weighted by Crippen LogP contribution is -2.30. The van der Waals surface area contributed by atoms with Crippen molar-refractivity contribution in [2.24, 2.45) is 5.73 Å². The van der Waals surface area contributed by atoms with E-state index in [4.69, 9.17) is 31.5 Å². The van der Waals surface area contributed by atoms with Crippen LogP contribution in [0.25, 0.3) is 0 Å². The van der Waals surface area contributed by atoms with Gasteiger partial charge in [-0.2, -0.15) is 0 Å². The van der Waals surface area contributed by atoms with Gasteiger partial charge in [-0.1, -0.05) is 23.7 Å². The molecule has 0 aliphatic carbocycles. The van der Waals surface area contributed by atoms with Gasteiger partial charge in [0, 0.05) is 5.02 Å². The number of ether oxygens (including phenoxy) is 3. The molecule has 0 saturated carbocycles. The fourth-order valence-corrected chi connectivity index (χ4v) is 2.88. The summed E-state index contributed by atoms with van der Waals surface area (Å²) in [6.07, 6.45) is 0. The Bertz CT molecular complexity index is 714. The van der Waals surface area contributed by atoms with Gasteiger partial charge >= 0.3 is 11.9 Å². The average Bonchev–Trinajstić information content (AvgIpc) is 2.54. The molecular weight excluding hydrogens is 346 g/mol. The zero-order valence-electron chi connectivity index (χ0n) is 14.3. The lowest BCUT2D eigenvalue weighted by molar-refractivity contribution is -0.140. The molecule has 2 rings (SSSR count). The molecule has 1 aliphatic heterocycles. The highest BCUT2D eigenvalue weighted by molar-refractivity contribution is 6.30. The molecule has 0 aromatic heterocycles. The maximum atomic E-state index is 12.5. The third-order valence-corrected chi connectivity index (χ3v) is 3.89. The Balaban J connectivity index is 2.64. The monoisotopic (exact) mass is 365 g/mol. The van der Waals surface area contributed by atoms with E-state index in [-0.39, 0.29) is 36.0 Å². The van der Waals surface area contributed by atoms with Crippen molar-refractivity contribution in [3.63, 3.8) is 0 Å². The minimum atomic E-state index is -0.787. The highest BCUT2D eigenvalue weighted by Crippen LogP contribution is 2.40. The quantitative estimate of drug-likeness (QED) is 0.807. The summed E-state index contributed by atoms with van der Waals surface area (Å²) in [6.45, 7) is 5.32. The summed E-state index contributed by atoms with van der Waals surface area (Å²) >= 11 is 6.09. The standard InChI is InChI=1S/C18H20ClNO5/c1-4-23-17(21)13-10(3)25-16(20)15(18(22)24-5-2)14(13)11-7-6-8-12(19)9-11/h6-9,14H,4-5,20H2,1-3H3. The molecule has 2 N–H and O–H groups in total. The maximum absolute atomic E-state index is 12.5. The lowest BCUT2D eigenvalue weighted by atomic mass is 9.82. The van der Waals surface area contributed by atoms with Gasteiger partial charge in [-0.3, -0.25) is 0 Å². The van der Waals surface area contributed by atoms with Gasteiger partial charge in [0.05, 0.1) is 24.7 Å². The van der Waals surface area contributed by atoms with Crippen molar-refractivity contribution in [2.45, 2.75) is 26.7 Å². The van der Waals surface area contributed by atoms with Crippen LogP contribution in [-0.4, -0.2) is 25.2 Å². The maximum Gasteiger partial charge on any atom is 0.340 e. The highest BCUT2D eigenvalue weighted by Gasteiger charge is 2.40. The van der Waals surface area contributed by atoms with E-state index in [0.29, 0.717) is 10.6 Å². The van der Waals surface area contributed by atoms with E-state index in [1.54, 1.807) is 45.0 Å². The van der Waals surface area contributed by atoms with E-state index >= 15 is 0 Å². The summed E-state index contributed by atoms with van der Waals surface area (Å²) in [5.74, 6) is -1.85. The molecule has 7 heteroatoms. The molecule has 0 bridgehead atoms. The first-order valence-electron chi connectivity index (χ1n) is 7.88. The van der Waals surface area contributed by atoms with Gasteiger partial charge in [0.25, 0.3) is 0 Å². The molecule has 1 atom stereocenters. The van der Waals surface area contributed by atoms with Crippen LogP contribution in [-0.2, 0) is 23.8 Å². The Hall–Kier alpha value is -2.47. The van der Waals surface area contributed by atoms with Crippen molar-refractivity contribution in [2.75, 3.05) is 13.2 Å². The van der Waals surface area contributed by atoms with Crippen LogP contribution in [0, 0.1) is 0 Å². The number of rotatable bonds is 5. The first-order chi connectivity index (χ1) is 11.9. The lowest BCUT2D eigenvalue weighted by Gasteiger charge is -2.28. The molecule has 0 amide bonds. The smallest absolute Gasteiger partial charge is 0.340 e. The van der Waals surface area contributed by atoms with Gasteiger partial charge in [-0.15, -0.1) is 0 Å². The molecule has 1 unspecified atom stereocenters. The second kappa shape index (κ2) is 8.07. The van der Waals surface area contributed by atoms with Crippen LogP contribution in [0.1, 0.15) is 32.3 Å². The van der Waals surface area contributed by atoms with Crippen molar-refractivity contribution in [3.8, 4) is 0 Å². The van der Waals surface area contributed by atoms with Gasteiger partial charge < -0.3 is 19.9 Å². The number of halogens is 1. The van der Waals surface area contributed by atoms with Crippen molar-refractivity contribution < 1.29 is 23.8 Å². The van der Waals surface area contributed by atoms with E-state index in [1.165, 1.54) is 0 Å². The van der Waals surface area contributed by atoms with Crippen LogP contribution < -0.4 is 5.73 Å². The zero-order valence-corrected chi connectivity index (χ0v) is 15.1. The molecule has 0 saturated heterocycles. The Labute approximate surface area is 151 Å². The highest BCUT2D eigenvalue weighted by atomic mass is 35.5. The van der Waals surface area contributed by atoms with Crippen LogP contribution >= 0.6 is 11.6 Å². The number of hydrogen-bond acceptors (Lipinski definition) is 6. The summed E-state index contributed by atoms with van der Waals surface area (Å²) in [5, 5.41) is 0.464. The number of nitrogens with two attached hydrogens (primary N) is 1. The van der Waals surface area contributed by atoms with Gasteiger partial charge in [0.1, 0.15) is 11.3 Å². The zero-order chi connectivity index (χ0) is 18.6. The molecule has 0 radical (unpaired) electrons. The summed E-state index contributed by atoms with van der Waals surface area (Å²) in [4.78, 5) is 25.0. The van der Waals surface area contributed by atoms with Crippen molar-refractivity contribution in [1.82, 2.24) is 0 Å². The van der Waals surface area contributed by atoms with Crippen LogP contribution in [0.5, 0.6) is 0 Å². The Morgan fingerprint density at radius 2 is 1.76 bits per heavy atom. The number of esters is 2. The summed E-state index contributed by atoms with van der Waals surface area (Å²) in [6, 6.07) is 6.84. The molecule has 1 heterocycles. The largest absolute Gasteiger partial charge is 0.463 e. The van der Waals surface area contributed by atoms with Crippen LogP contribution in [0.3, 0.4) is 0 Å². The van der Waals surface area contributed by atoms with Crippen molar-refractivity contribution >= 4 is 23.5 Å². The average molecular weight is 366 g/mol. The second-order valence-electron chi connectivity index (χ2n) is 5.28. The molecule has 6 nitrogen and oxygen atoms in total. The van der Waals surface area contributed by atoms with E-state index in [9.17, 15) is 9.59 Å². The minimum absolute atomic E-state index is 0.0535. The van der Waals surface area contributed by atoms with Crippen LogP contribution in [0.15, 0.2) is 47.1 Å². The normalized spacial score (nSPS) is 17.2. The predicted molar refractivity (Wildman–Crippen MR) is 92.5 cm³/mol. The van der Waals surface area contributed by atoms with Crippen molar-refractivity contribution in [3.05, 3.63) is 57.6 Å². The molecule has 1 aliphatic rings. The molecule has 0 spiro atoms. The third-order valence-electron chi connectivity index (χ3n) is 3.66. The van der Waals surface area contributed by atoms with Gasteiger partial charge in [0.15, 0.2) is 0 Å². The Morgan fingerprint density at radius 1 is 1.16 bits per heavy atom. The molecule has 134 valence electrons. The molecule has 25 heavy (non-hydrogen) atoms. The fraction of sp³-hybridized carbons (Fsp3) is 0.333. The van der Waals surface area contributed by atoms with Crippen LogP contribution in [0.4, 0.5) is 0 Å². The van der Waals surface area contributed by atoms with E-state index in [2.05, 4.69) is 0 Å². The topological polar surface area (TPSA) is 87.9 Å². The Morgan fingerprint density at radius 3 is 2.32 bits per heavy atom. The number of carbonyl (C=O) groups excluding carboxylic acids is 2. The summed E-state index contributed by atoms with van der Waals surface area (Å²) in [5.41, 5.74) is 6.80. The number of allylic oxidation sites excluding steroid dienone is 1. The SMILES string of the molecule is CCOC(=O)C1=C(C)OC(N)=C(C(=O)OCC)C1c1cccc(Cl)c1. The Kier molecular flexibility index (Phi) is 6.09. The van der Waals surface area contributed by atoms with Gasteiger partial charge in [-0.25, -0.2) is 9.59 Å². The van der Waals surface area contributed by atoms with E-state index in [1.807, 2.05) is 0 Å². The van der Waals surface area contributed by atoms with Crippen molar-refractivity contribution in [1.29, 1.82) is 0 Å². The molecule has 1 aromatic carbocycles. The minimum Gasteiger partial charge on any atom is -0.463 e. The first kappa shape index (κ1) is 18.9. The fourth-order valence-electron chi connectivity index (χ4n) is 2.68. The van der Waals surface area contributed by atoms with E-state index < -0.39 is 17.9 Å².